The van der Waals surface area contributed by atoms with Crippen LogP contribution in [0.4, 0.5) is 9.18 Å². The van der Waals surface area contributed by atoms with Crippen molar-refractivity contribution in [3.8, 4) is 11.3 Å². The minimum atomic E-state index is -0.322. The fraction of sp³-hybridized carbons (Fsp3) is 0.458. The highest BCUT2D eigenvalue weighted by Gasteiger charge is 2.27. The quantitative estimate of drug-likeness (QED) is 0.768. The molecule has 1 aliphatic carbocycles. The zero-order valence-corrected chi connectivity index (χ0v) is 18.4. The Kier molecular flexibility index (Phi) is 6.99. The molecule has 0 spiro atoms. The Balaban J connectivity index is 1.29. The van der Waals surface area contributed by atoms with Crippen LogP contribution in [0.3, 0.4) is 0 Å². The summed E-state index contributed by atoms with van der Waals surface area (Å²) < 4.78 is 13.4. The highest BCUT2D eigenvalue weighted by Crippen LogP contribution is 2.21. The minimum absolute atomic E-state index is 0.00721. The van der Waals surface area contributed by atoms with Gasteiger partial charge in [0.1, 0.15) is 5.82 Å². The van der Waals surface area contributed by atoms with Crippen molar-refractivity contribution in [2.24, 2.45) is 0 Å². The van der Waals surface area contributed by atoms with Crippen molar-refractivity contribution in [1.82, 2.24) is 25.4 Å². The Morgan fingerprint density at radius 1 is 1.03 bits per heavy atom. The Labute approximate surface area is 188 Å². The zero-order valence-electron chi connectivity index (χ0n) is 18.4. The smallest absolute Gasteiger partial charge is 0.317 e. The molecule has 170 valence electrons. The lowest BCUT2D eigenvalue weighted by Crippen LogP contribution is -2.54. The molecule has 2 fully saturated rings. The van der Waals surface area contributed by atoms with E-state index >= 15 is 0 Å². The molecule has 2 aliphatic rings. The predicted octanol–water partition coefficient (Wildman–Crippen LogP) is 2.89. The van der Waals surface area contributed by atoms with Gasteiger partial charge in [0, 0.05) is 50.0 Å². The molecular weight excluding hydrogens is 409 g/mol. The van der Waals surface area contributed by atoms with E-state index < -0.39 is 0 Å². The number of halogens is 1. The molecule has 0 radical (unpaired) electrons. The van der Waals surface area contributed by atoms with E-state index in [4.69, 9.17) is 0 Å². The van der Waals surface area contributed by atoms with E-state index in [2.05, 4.69) is 27.6 Å². The number of hydrogen-bond acceptors (Lipinski definition) is 4. The molecule has 8 heteroatoms. The number of amides is 3. The molecule has 2 heterocycles. The summed E-state index contributed by atoms with van der Waals surface area (Å²) in [7, 11) is 2.06. The summed E-state index contributed by atoms with van der Waals surface area (Å²) in [6.45, 7) is 3.27. The number of pyridine rings is 1. The third-order valence-electron chi connectivity index (χ3n) is 6.27. The van der Waals surface area contributed by atoms with Crippen LogP contribution in [0.1, 0.15) is 36.0 Å². The van der Waals surface area contributed by atoms with Crippen LogP contribution in [0.15, 0.2) is 42.6 Å². The fourth-order valence-corrected chi connectivity index (χ4v) is 4.34. The molecule has 1 aromatic heterocycles. The van der Waals surface area contributed by atoms with Gasteiger partial charge in [0.25, 0.3) is 5.91 Å². The lowest BCUT2D eigenvalue weighted by atomic mass is 9.91. The molecule has 7 nitrogen and oxygen atoms in total. The SMILES string of the molecule is CN1CCN(C(=O)N[C@@H]2CCC[C@H](NC(=O)c3ccc(-c4cccc(F)c4)nc3)C2)CC1. The molecule has 1 aromatic carbocycles. The molecular formula is C24H30FN5O2. The molecule has 0 bridgehead atoms. The maximum atomic E-state index is 13.4. The molecule has 3 amide bonds. The number of nitrogens with zero attached hydrogens (tertiary/aromatic N) is 3. The lowest BCUT2D eigenvalue weighted by molar-refractivity contribution is 0.0922. The van der Waals surface area contributed by atoms with E-state index in [1.807, 2.05) is 4.90 Å². The van der Waals surface area contributed by atoms with Crippen molar-refractivity contribution in [3.05, 3.63) is 54.0 Å². The zero-order chi connectivity index (χ0) is 22.5. The highest BCUT2D eigenvalue weighted by molar-refractivity contribution is 5.94. The molecule has 1 saturated carbocycles. The molecule has 1 saturated heterocycles. The fourth-order valence-electron chi connectivity index (χ4n) is 4.34. The third kappa shape index (κ3) is 5.62. The second kappa shape index (κ2) is 10.1. The average molecular weight is 440 g/mol. The first kappa shape index (κ1) is 22.2. The lowest BCUT2D eigenvalue weighted by Gasteiger charge is -2.35. The second-order valence-corrected chi connectivity index (χ2v) is 8.72. The first-order valence-electron chi connectivity index (χ1n) is 11.2. The van der Waals surface area contributed by atoms with Gasteiger partial charge in [0.05, 0.1) is 11.3 Å². The number of likely N-dealkylation sites (N-methyl/N-ethyl adjacent to an activating group) is 1. The number of hydrogen-bond donors (Lipinski definition) is 2. The summed E-state index contributed by atoms with van der Waals surface area (Å²) in [4.78, 5) is 33.7. The number of benzene rings is 1. The van der Waals surface area contributed by atoms with Crippen LogP contribution >= 0.6 is 0 Å². The maximum Gasteiger partial charge on any atom is 0.317 e. The Morgan fingerprint density at radius 3 is 2.47 bits per heavy atom. The van der Waals surface area contributed by atoms with Crippen LogP contribution in [-0.2, 0) is 0 Å². The summed E-state index contributed by atoms with van der Waals surface area (Å²) in [5.41, 5.74) is 1.75. The van der Waals surface area contributed by atoms with Crippen LogP contribution in [-0.4, -0.2) is 72.0 Å². The van der Waals surface area contributed by atoms with Gasteiger partial charge < -0.3 is 20.4 Å². The van der Waals surface area contributed by atoms with Gasteiger partial charge in [-0.3, -0.25) is 9.78 Å². The van der Waals surface area contributed by atoms with Crippen LogP contribution in [0.2, 0.25) is 0 Å². The van der Waals surface area contributed by atoms with Gasteiger partial charge in [-0.05, 0) is 57.0 Å². The summed E-state index contributed by atoms with van der Waals surface area (Å²) >= 11 is 0. The Morgan fingerprint density at radius 2 is 1.78 bits per heavy atom. The topological polar surface area (TPSA) is 77.6 Å². The van der Waals surface area contributed by atoms with E-state index in [0.29, 0.717) is 16.8 Å². The summed E-state index contributed by atoms with van der Waals surface area (Å²) in [6, 6.07) is 9.72. The number of carbonyl (C=O) groups excluding carboxylic acids is 2. The highest BCUT2D eigenvalue weighted by atomic mass is 19.1. The molecule has 32 heavy (non-hydrogen) atoms. The van der Waals surface area contributed by atoms with Crippen molar-refractivity contribution in [1.29, 1.82) is 0 Å². The van der Waals surface area contributed by atoms with Gasteiger partial charge in [-0.2, -0.15) is 0 Å². The average Bonchev–Trinajstić information content (AvgIpc) is 2.80. The van der Waals surface area contributed by atoms with Gasteiger partial charge in [0.15, 0.2) is 0 Å². The molecule has 2 atom stereocenters. The number of carbonyl (C=O) groups is 2. The predicted molar refractivity (Wildman–Crippen MR) is 121 cm³/mol. The van der Waals surface area contributed by atoms with Crippen molar-refractivity contribution in [2.75, 3.05) is 33.2 Å². The minimum Gasteiger partial charge on any atom is -0.349 e. The standard InChI is InChI=1S/C24H30FN5O2/c1-29-10-12-30(13-11-29)24(32)28-21-7-3-6-20(15-21)27-23(31)18-8-9-22(26-16-18)17-4-2-5-19(25)14-17/h2,4-5,8-9,14,16,20-21H,3,6-7,10-13,15H2,1H3,(H,27,31)(H,28,32)/t20-,21+/m0/s1. The third-order valence-corrected chi connectivity index (χ3v) is 6.27. The van der Waals surface area contributed by atoms with Crippen molar-refractivity contribution < 1.29 is 14.0 Å². The van der Waals surface area contributed by atoms with E-state index in [1.165, 1.54) is 18.3 Å². The van der Waals surface area contributed by atoms with E-state index in [1.54, 1.807) is 24.3 Å². The number of rotatable bonds is 4. The van der Waals surface area contributed by atoms with E-state index in [9.17, 15) is 14.0 Å². The van der Waals surface area contributed by atoms with Crippen molar-refractivity contribution >= 4 is 11.9 Å². The van der Waals surface area contributed by atoms with Gasteiger partial charge >= 0.3 is 6.03 Å². The largest absolute Gasteiger partial charge is 0.349 e. The maximum absolute atomic E-state index is 13.4. The Hall–Kier alpha value is -3.00. The van der Waals surface area contributed by atoms with Gasteiger partial charge in [-0.15, -0.1) is 0 Å². The van der Waals surface area contributed by atoms with Gasteiger partial charge in [-0.25, -0.2) is 9.18 Å². The number of aromatic nitrogens is 1. The van der Waals surface area contributed by atoms with Gasteiger partial charge in [-0.1, -0.05) is 12.1 Å². The molecule has 4 rings (SSSR count). The molecule has 0 unspecified atom stereocenters. The van der Waals surface area contributed by atoms with Crippen LogP contribution in [0, 0.1) is 5.82 Å². The first-order valence-corrected chi connectivity index (χ1v) is 11.2. The van der Waals surface area contributed by atoms with Gasteiger partial charge in [0.2, 0.25) is 0 Å². The number of piperazine rings is 1. The van der Waals surface area contributed by atoms with Crippen molar-refractivity contribution in [3.63, 3.8) is 0 Å². The molecule has 1 aliphatic heterocycles. The Bertz CT molecular complexity index is 944. The van der Waals surface area contributed by atoms with E-state index in [-0.39, 0.29) is 29.8 Å². The normalized spacial score (nSPS) is 21.8. The molecule has 2 aromatic rings. The van der Waals surface area contributed by atoms with Crippen LogP contribution in [0.5, 0.6) is 0 Å². The first-order chi connectivity index (χ1) is 15.5. The van der Waals surface area contributed by atoms with Crippen LogP contribution < -0.4 is 10.6 Å². The van der Waals surface area contributed by atoms with Crippen LogP contribution in [0.25, 0.3) is 11.3 Å². The monoisotopic (exact) mass is 439 g/mol. The number of urea groups is 1. The van der Waals surface area contributed by atoms with Crippen molar-refractivity contribution in [2.45, 2.75) is 37.8 Å². The number of nitrogens with one attached hydrogen (secondary N) is 2. The summed E-state index contributed by atoms with van der Waals surface area (Å²) in [5.74, 6) is -0.503. The molecule has 2 N–H and O–H groups in total. The van der Waals surface area contributed by atoms with E-state index in [0.717, 1.165) is 51.9 Å². The summed E-state index contributed by atoms with van der Waals surface area (Å²) in [5, 5.41) is 6.23. The second-order valence-electron chi connectivity index (χ2n) is 8.72. The summed E-state index contributed by atoms with van der Waals surface area (Å²) in [6.07, 6.45) is 5.01.